The lowest BCUT2D eigenvalue weighted by atomic mass is 10.0. The van der Waals surface area contributed by atoms with Crippen molar-refractivity contribution in [2.75, 3.05) is 5.32 Å². The van der Waals surface area contributed by atoms with Gasteiger partial charge in [0.2, 0.25) is 5.91 Å². The van der Waals surface area contributed by atoms with Gasteiger partial charge in [0.1, 0.15) is 5.82 Å². The van der Waals surface area contributed by atoms with Crippen LogP contribution in [0.2, 0.25) is 0 Å². The van der Waals surface area contributed by atoms with E-state index >= 15 is 0 Å². The maximum absolute atomic E-state index is 12.7. The lowest BCUT2D eigenvalue weighted by molar-refractivity contribution is -0.114. The molecule has 7 nitrogen and oxygen atoms in total. The summed E-state index contributed by atoms with van der Waals surface area (Å²) in [6.45, 7) is 3.20. The van der Waals surface area contributed by atoms with E-state index in [-0.39, 0.29) is 11.8 Å². The molecule has 34 heavy (non-hydrogen) atoms. The Morgan fingerprint density at radius 3 is 2.15 bits per heavy atom. The van der Waals surface area contributed by atoms with E-state index in [1.54, 1.807) is 35.9 Å². The second kappa shape index (κ2) is 10.1. The average molecular weight is 455 g/mol. The highest BCUT2D eigenvalue weighted by Gasteiger charge is 2.19. The molecular weight excluding hydrogens is 428 g/mol. The summed E-state index contributed by atoms with van der Waals surface area (Å²) in [7, 11) is 0. The van der Waals surface area contributed by atoms with Crippen LogP contribution in [0.3, 0.4) is 0 Å². The molecule has 0 unspecified atom stereocenters. The first-order valence-corrected chi connectivity index (χ1v) is 11.0. The normalized spacial score (nSPS) is 12.6. The largest absolute Gasteiger partial charge is 0.386 e. The van der Waals surface area contributed by atoms with Crippen molar-refractivity contribution in [3.8, 4) is 16.9 Å². The highest BCUT2D eigenvalue weighted by atomic mass is 16.3. The molecule has 4 aromatic rings. The van der Waals surface area contributed by atoms with Crippen LogP contribution in [0.1, 0.15) is 35.9 Å². The van der Waals surface area contributed by atoms with E-state index in [1.807, 2.05) is 66.7 Å². The van der Waals surface area contributed by atoms with E-state index in [9.17, 15) is 14.7 Å². The van der Waals surface area contributed by atoms with Gasteiger partial charge in [-0.05, 0) is 36.8 Å². The highest BCUT2D eigenvalue weighted by molar-refractivity contribution is 5.94. The average Bonchev–Trinajstić information content (AvgIpc) is 3.27. The van der Waals surface area contributed by atoms with Crippen LogP contribution in [0.25, 0.3) is 16.9 Å². The minimum Gasteiger partial charge on any atom is -0.386 e. The van der Waals surface area contributed by atoms with Crippen LogP contribution < -0.4 is 10.6 Å². The predicted octanol–water partition coefficient (Wildman–Crippen LogP) is 4.35. The Morgan fingerprint density at radius 1 is 0.912 bits per heavy atom. The first-order valence-electron chi connectivity index (χ1n) is 11.0. The monoisotopic (exact) mass is 454 g/mol. The second-order valence-corrected chi connectivity index (χ2v) is 8.04. The summed E-state index contributed by atoms with van der Waals surface area (Å²) in [5.41, 5.74) is 3.53. The Morgan fingerprint density at radius 2 is 1.53 bits per heavy atom. The molecule has 0 fully saturated rings. The van der Waals surface area contributed by atoms with Gasteiger partial charge in [0.25, 0.3) is 5.91 Å². The maximum Gasteiger partial charge on any atom is 0.251 e. The summed E-state index contributed by atoms with van der Waals surface area (Å²) >= 11 is 0. The molecule has 0 bridgehead atoms. The summed E-state index contributed by atoms with van der Waals surface area (Å²) in [5.74, 6) is 0.0347. The number of nitrogens with zero attached hydrogens (tertiary/aromatic N) is 2. The third-order valence-electron chi connectivity index (χ3n) is 5.43. The molecule has 0 radical (unpaired) electrons. The summed E-state index contributed by atoms with van der Waals surface area (Å²) in [4.78, 5) is 24.5. The number of nitrogens with one attached hydrogen (secondary N) is 2. The number of aromatic nitrogens is 2. The molecule has 0 aliphatic heterocycles. The van der Waals surface area contributed by atoms with Crippen LogP contribution in [0.4, 0.5) is 5.82 Å². The van der Waals surface area contributed by atoms with Crippen molar-refractivity contribution < 1.29 is 14.7 Å². The molecule has 1 heterocycles. The summed E-state index contributed by atoms with van der Waals surface area (Å²) in [6, 6.07) is 27.1. The van der Waals surface area contributed by atoms with Gasteiger partial charge in [-0.15, -0.1) is 0 Å². The fraction of sp³-hybridized carbons (Fsp3) is 0.148. The Labute approximate surface area is 198 Å². The smallest absolute Gasteiger partial charge is 0.251 e. The van der Waals surface area contributed by atoms with Gasteiger partial charge in [-0.25, -0.2) is 4.68 Å². The number of aliphatic hydroxyl groups excluding tert-OH is 1. The number of rotatable bonds is 7. The Balaban J connectivity index is 1.53. The third-order valence-corrected chi connectivity index (χ3v) is 5.43. The first kappa shape index (κ1) is 22.9. The van der Waals surface area contributed by atoms with Crippen LogP contribution in [0.5, 0.6) is 0 Å². The molecule has 0 aliphatic carbocycles. The number of carbonyl (C=O) groups is 2. The van der Waals surface area contributed by atoms with Crippen molar-refractivity contribution in [2.45, 2.75) is 26.0 Å². The summed E-state index contributed by atoms with van der Waals surface area (Å²) in [6.07, 6.45) is -0.815. The fourth-order valence-electron chi connectivity index (χ4n) is 3.66. The van der Waals surface area contributed by atoms with Gasteiger partial charge in [0.15, 0.2) is 0 Å². The van der Waals surface area contributed by atoms with Crippen molar-refractivity contribution in [1.82, 2.24) is 15.1 Å². The molecule has 7 heteroatoms. The van der Waals surface area contributed by atoms with Gasteiger partial charge < -0.3 is 15.7 Å². The van der Waals surface area contributed by atoms with E-state index in [4.69, 9.17) is 0 Å². The standard InChI is InChI=1S/C27H26N4O3/c1-18(26(33)21-11-7-4-8-12-21)28-27(34)22-13-15-23(16-14-22)31-25(29-19(2)32)17-24(30-31)20-9-5-3-6-10-20/h3-18,26,33H,1-2H3,(H,28,34)(H,29,32)/t18-,26-/m0/s1. The second-order valence-electron chi connectivity index (χ2n) is 8.04. The van der Waals surface area contributed by atoms with Gasteiger partial charge in [0, 0.05) is 24.1 Å². The zero-order valence-corrected chi connectivity index (χ0v) is 19.0. The van der Waals surface area contributed by atoms with Crippen LogP contribution >= 0.6 is 0 Å². The molecule has 1 aromatic heterocycles. The molecular formula is C27H26N4O3. The Kier molecular flexibility index (Phi) is 6.85. The SMILES string of the molecule is CC(=O)Nc1cc(-c2ccccc2)nn1-c1ccc(C(=O)N[C@@H](C)[C@H](O)c2ccccc2)cc1. The lowest BCUT2D eigenvalue weighted by Gasteiger charge is -2.20. The van der Waals surface area contributed by atoms with Crippen LogP contribution in [0.15, 0.2) is 91.0 Å². The number of anilines is 1. The highest BCUT2D eigenvalue weighted by Crippen LogP contribution is 2.25. The quantitative estimate of drug-likeness (QED) is 0.387. The Hall–Kier alpha value is -4.23. The molecule has 0 saturated heterocycles. The van der Waals surface area contributed by atoms with E-state index in [2.05, 4.69) is 15.7 Å². The predicted molar refractivity (Wildman–Crippen MR) is 132 cm³/mol. The molecule has 2 amide bonds. The number of amides is 2. The lowest BCUT2D eigenvalue weighted by Crippen LogP contribution is -2.37. The van der Waals surface area contributed by atoms with Gasteiger partial charge in [0.05, 0.1) is 23.5 Å². The number of carbonyl (C=O) groups excluding carboxylic acids is 2. The van der Waals surface area contributed by atoms with E-state index in [1.165, 1.54) is 6.92 Å². The van der Waals surface area contributed by atoms with Crippen molar-refractivity contribution in [3.05, 3.63) is 102 Å². The first-order chi connectivity index (χ1) is 16.4. The molecule has 3 aromatic carbocycles. The topological polar surface area (TPSA) is 96.2 Å². The zero-order chi connectivity index (χ0) is 24.1. The summed E-state index contributed by atoms with van der Waals surface area (Å²) < 4.78 is 1.63. The van der Waals surface area contributed by atoms with Gasteiger partial charge >= 0.3 is 0 Å². The molecule has 0 saturated carbocycles. The van der Waals surface area contributed by atoms with Crippen molar-refractivity contribution in [1.29, 1.82) is 0 Å². The number of hydrogen-bond donors (Lipinski definition) is 3. The minimum absolute atomic E-state index is 0.206. The number of hydrogen-bond acceptors (Lipinski definition) is 4. The van der Waals surface area contributed by atoms with Crippen LogP contribution in [0, 0.1) is 0 Å². The van der Waals surface area contributed by atoms with Crippen molar-refractivity contribution in [3.63, 3.8) is 0 Å². The zero-order valence-electron chi connectivity index (χ0n) is 19.0. The Bertz CT molecular complexity index is 1270. The molecule has 0 aliphatic rings. The third kappa shape index (κ3) is 5.22. The van der Waals surface area contributed by atoms with Crippen LogP contribution in [-0.4, -0.2) is 32.7 Å². The van der Waals surface area contributed by atoms with Crippen molar-refractivity contribution >= 4 is 17.6 Å². The van der Waals surface area contributed by atoms with E-state index in [0.717, 1.165) is 16.8 Å². The molecule has 2 atom stereocenters. The molecule has 0 spiro atoms. The van der Waals surface area contributed by atoms with Crippen molar-refractivity contribution in [2.24, 2.45) is 0 Å². The van der Waals surface area contributed by atoms with Gasteiger partial charge in [-0.1, -0.05) is 60.7 Å². The van der Waals surface area contributed by atoms with Crippen LogP contribution in [-0.2, 0) is 4.79 Å². The van der Waals surface area contributed by atoms with E-state index in [0.29, 0.717) is 17.1 Å². The molecule has 3 N–H and O–H groups in total. The minimum atomic E-state index is -0.815. The summed E-state index contributed by atoms with van der Waals surface area (Å²) in [5, 5.41) is 20.8. The molecule has 172 valence electrons. The molecule has 4 rings (SSSR count). The van der Waals surface area contributed by atoms with Gasteiger partial charge in [-0.2, -0.15) is 5.10 Å². The number of benzene rings is 3. The fourth-order valence-corrected chi connectivity index (χ4v) is 3.66. The van der Waals surface area contributed by atoms with Gasteiger partial charge in [-0.3, -0.25) is 9.59 Å². The van der Waals surface area contributed by atoms with E-state index < -0.39 is 12.1 Å². The number of aliphatic hydroxyl groups is 1. The maximum atomic E-state index is 12.7.